The van der Waals surface area contributed by atoms with Crippen molar-refractivity contribution in [3.05, 3.63) is 0 Å². The van der Waals surface area contributed by atoms with Crippen LogP contribution in [0.15, 0.2) is 0 Å². The molecule has 56 valence electrons. The van der Waals surface area contributed by atoms with E-state index in [1.807, 2.05) is 0 Å². The maximum Gasteiger partial charge on any atom is 0.323 e. The van der Waals surface area contributed by atoms with Crippen molar-refractivity contribution < 1.29 is 23.2 Å². The van der Waals surface area contributed by atoms with E-state index in [9.17, 15) is 9.13 Å². The third-order valence-corrected chi connectivity index (χ3v) is 1.57. The molecular formula is CH7NO5P2. The topological polar surface area (TPSA) is 108 Å². The molecule has 0 aromatic carbocycles. The Kier molecular flexibility index (Phi) is 10.5. The number of rotatable bonds is 2. The molecule has 2 unspecified atom stereocenters. The molecule has 0 radical (unpaired) electrons. The Labute approximate surface area is 52.9 Å². The van der Waals surface area contributed by atoms with Gasteiger partial charge in [-0.1, -0.05) is 0 Å². The SMILES string of the molecule is C=N.O=[PH](O)O[PH](=O)O. The highest BCUT2D eigenvalue weighted by atomic mass is 31.2. The quantitative estimate of drug-likeness (QED) is 0.405. The molecule has 0 aliphatic carbocycles. The van der Waals surface area contributed by atoms with E-state index in [0.717, 1.165) is 0 Å². The van der Waals surface area contributed by atoms with E-state index in [1.54, 1.807) is 0 Å². The maximum absolute atomic E-state index is 9.44. The first-order valence-electron chi connectivity index (χ1n) is 1.62. The van der Waals surface area contributed by atoms with Gasteiger partial charge in [-0.3, -0.25) is 9.13 Å². The van der Waals surface area contributed by atoms with Crippen LogP contribution in [-0.4, -0.2) is 16.5 Å². The number of nitrogens with one attached hydrogen (secondary N) is 1. The lowest BCUT2D eigenvalue weighted by atomic mass is 11.8. The molecule has 0 rings (SSSR count). The molecule has 0 aliphatic rings. The van der Waals surface area contributed by atoms with E-state index in [2.05, 4.69) is 11.0 Å². The van der Waals surface area contributed by atoms with Crippen molar-refractivity contribution in [3.63, 3.8) is 0 Å². The van der Waals surface area contributed by atoms with Gasteiger partial charge in [0, 0.05) is 0 Å². The summed E-state index contributed by atoms with van der Waals surface area (Å²) >= 11 is 0. The first-order valence-corrected chi connectivity index (χ1v) is 4.14. The largest absolute Gasteiger partial charge is 0.326 e. The van der Waals surface area contributed by atoms with Gasteiger partial charge in [0.2, 0.25) is 0 Å². The van der Waals surface area contributed by atoms with Crippen molar-refractivity contribution in [3.8, 4) is 0 Å². The molecule has 0 aliphatic heterocycles. The molecule has 0 bridgehead atoms. The van der Waals surface area contributed by atoms with Crippen molar-refractivity contribution >= 4 is 23.2 Å². The summed E-state index contributed by atoms with van der Waals surface area (Å²) in [5, 5.41) is 5.50. The summed E-state index contributed by atoms with van der Waals surface area (Å²) in [5.74, 6) is 0. The summed E-state index contributed by atoms with van der Waals surface area (Å²) < 4.78 is 22.3. The molecule has 0 spiro atoms. The Morgan fingerprint density at radius 3 is 1.44 bits per heavy atom. The van der Waals surface area contributed by atoms with Crippen LogP contribution in [0.3, 0.4) is 0 Å². The zero-order valence-electron chi connectivity index (χ0n) is 4.33. The van der Waals surface area contributed by atoms with E-state index in [1.165, 1.54) is 0 Å². The van der Waals surface area contributed by atoms with Crippen LogP contribution < -0.4 is 0 Å². The van der Waals surface area contributed by atoms with Gasteiger partial charge < -0.3 is 15.2 Å². The van der Waals surface area contributed by atoms with Crippen LogP contribution >= 0.6 is 16.5 Å². The van der Waals surface area contributed by atoms with Crippen LogP contribution in [0.1, 0.15) is 0 Å². The highest BCUT2D eigenvalue weighted by Crippen LogP contribution is 2.30. The average Bonchev–Trinajstić information content (AvgIpc) is 1.68. The lowest BCUT2D eigenvalue weighted by Gasteiger charge is -1.86. The predicted octanol–water partition coefficient (Wildman–Crippen LogP) is 0.0328. The van der Waals surface area contributed by atoms with Crippen LogP contribution in [0, 0.1) is 5.41 Å². The van der Waals surface area contributed by atoms with Crippen molar-refractivity contribution in [1.29, 1.82) is 5.41 Å². The van der Waals surface area contributed by atoms with Gasteiger partial charge in [0.15, 0.2) is 0 Å². The van der Waals surface area contributed by atoms with Crippen LogP contribution in [0.2, 0.25) is 0 Å². The zero-order valence-corrected chi connectivity index (χ0v) is 6.33. The van der Waals surface area contributed by atoms with Crippen LogP contribution in [-0.2, 0) is 13.4 Å². The first-order chi connectivity index (χ1) is 4.13. The highest BCUT2D eigenvalue weighted by Gasteiger charge is 1.93. The minimum absolute atomic E-state index is 2.50. The first kappa shape index (κ1) is 11.8. The number of hydrogen-bond donors (Lipinski definition) is 3. The van der Waals surface area contributed by atoms with Crippen LogP contribution in [0.5, 0.6) is 0 Å². The molecule has 0 heterocycles. The second-order valence-corrected chi connectivity index (χ2v) is 2.51. The van der Waals surface area contributed by atoms with Crippen molar-refractivity contribution in [2.75, 3.05) is 0 Å². The molecule has 0 saturated carbocycles. The normalized spacial score (nSPS) is 14.9. The minimum atomic E-state index is -3.20. The van der Waals surface area contributed by atoms with E-state index in [4.69, 9.17) is 15.2 Å². The summed E-state index contributed by atoms with van der Waals surface area (Å²) in [6, 6.07) is 0. The Morgan fingerprint density at radius 2 is 1.44 bits per heavy atom. The molecule has 0 aromatic rings. The third kappa shape index (κ3) is 18.0. The van der Waals surface area contributed by atoms with Gasteiger partial charge in [0.25, 0.3) is 0 Å². The van der Waals surface area contributed by atoms with E-state index in [-0.39, 0.29) is 0 Å². The fourth-order valence-corrected chi connectivity index (χ4v) is 0.672. The highest BCUT2D eigenvalue weighted by molar-refractivity contribution is 7.46. The molecule has 0 aromatic heterocycles. The monoisotopic (exact) mass is 175 g/mol. The van der Waals surface area contributed by atoms with Crippen LogP contribution in [0.4, 0.5) is 0 Å². The van der Waals surface area contributed by atoms with Gasteiger partial charge in [-0.15, -0.1) is 0 Å². The van der Waals surface area contributed by atoms with E-state index < -0.39 is 16.5 Å². The number of hydrogen-bond acceptors (Lipinski definition) is 4. The van der Waals surface area contributed by atoms with Crippen molar-refractivity contribution in [1.82, 2.24) is 0 Å². The predicted molar refractivity (Wildman–Crippen MR) is 33.4 cm³/mol. The van der Waals surface area contributed by atoms with E-state index in [0.29, 0.717) is 0 Å². The lowest BCUT2D eigenvalue weighted by molar-refractivity contribution is 0.371. The molecule has 9 heavy (non-hydrogen) atoms. The average molecular weight is 175 g/mol. The van der Waals surface area contributed by atoms with Gasteiger partial charge in [-0.2, -0.15) is 0 Å². The second kappa shape index (κ2) is 8.01. The summed E-state index contributed by atoms with van der Waals surface area (Å²) in [6.07, 6.45) is 0. The molecule has 0 fully saturated rings. The fraction of sp³-hybridized carbons (Fsp3) is 0. The molecule has 3 N–H and O–H groups in total. The minimum Gasteiger partial charge on any atom is -0.326 e. The summed E-state index contributed by atoms with van der Waals surface area (Å²) in [7, 11) is -6.40. The molecule has 0 amide bonds. The van der Waals surface area contributed by atoms with Gasteiger partial charge in [0.05, 0.1) is 0 Å². The zero-order chi connectivity index (χ0) is 7.86. The van der Waals surface area contributed by atoms with Crippen molar-refractivity contribution in [2.45, 2.75) is 0 Å². The standard InChI is InChI=1S/CH3N.H4O5P2/c1-2;1-6(2)5-7(3)4/h2H,1H2;6-7H,(H,1,2)(H,3,4). The van der Waals surface area contributed by atoms with Gasteiger partial charge in [-0.05, 0) is 6.72 Å². The second-order valence-electron chi connectivity index (χ2n) is 0.634. The Morgan fingerprint density at radius 1 is 1.22 bits per heavy atom. The van der Waals surface area contributed by atoms with Gasteiger partial charge in [0.1, 0.15) is 0 Å². The third-order valence-electron chi connectivity index (χ3n) is 0.175. The summed E-state index contributed by atoms with van der Waals surface area (Å²) in [4.78, 5) is 15.4. The van der Waals surface area contributed by atoms with Crippen molar-refractivity contribution in [2.24, 2.45) is 0 Å². The maximum atomic E-state index is 9.44. The lowest BCUT2D eigenvalue weighted by Crippen LogP contribution is -1.58. The molecule has 0 saturated heterocycles. The fourth-order valence-electron chi connectivity index (χ4n) is 0.0747. The Hall–Kier alpha value is 0.01000. The molecule has 6 nitrogen and oxygen atoms in total. The summed E-state index contributed by atoms with van der Waals surface area (Å²) in [5.41, 5.74) is 0. The molecule has 8 heteroatoms. The molecular weight excluding hydrogens is 168 g/mol. The van der Waals surface area contributed by atoms with Crippen LogP contribution in [0.25, 0.3) is 0 Å². The van der Waals surface area contributed by atoms with Gasteiger partial charge >= 0.3 is 16.5 Å². The Balaban J connectivity index is 0. The smallest absolute Gasteiger partial charge is 0.323 e. The van der Waals surface area contributed by atoms with E-state index >= 15 is 0 Å². The molecule has 2 atom stereocenters. The van der Waals surface area contributed by atoms with Gasteiger partial charge in [-0.25, -0.2) is 4.31 Å². The Bertz CT molecular complexity index is 102. The summed E-state index contributed by atoms with van der Waals surface area (Å²) in [6.45, 7) is 2.50.